The number of nitrogens with zero attached hydrogens (tertiary/aromatic N) is 1. The van der Waals surface area contributed by atoms with Crippen molar-refractivity contribution in [3.63, 3.8) is 0 Å². The fourth-order valence-corrected chi connectivity index (χ4v) is 0.550. The minimum Gasteiger partial charge on any atom is -0.335 e. The van der Waals surface area contributed by atoms with Gasteiger partial charge in [-0.3, -0.25) is 4.79 Å². The number of carbonyl (C=O) groups is 2. The Kier molecular flexibility index (Phi) is 4.83. The standard InChI is InChI=1S/C8H11NO2/c1-3-5-8(11)9(2)6-4-7-10/h7H,4,6H2,1-2H3. The molecule has 0 saturated heterocycles. The molecule has 0 unspecified atom stereocenters. The number of hydrogen-bond donors (Lipinski definition) is 0. The van der Waals surface area contributed by atoms with Gasteiger partial charge < -0.3 is 9.69 Å². The normalized spacial score (nSPS) is 7.82. The summed E-state index contributed by atoms with van der Waals surface area (Å²) in [5.74, 6) is 4.63. The highest BCUT2D eigenvalue weighted by atomic mass is 16.2. The van der Waals surface area contributed by atoms with Crippen LogP contribution in [0, 0.1) is 11.8 Å². The van der Waals surface area contributed by atoms with E-state index in [1.807, 2.05) is 0 Å². The van der Waals surface area contributed by atoms with Gasteiger partial charge >= 0.3 is 0 Å². The molecule has 0 atom stereocenters. The molecular formula is C8H11NO2. The predicted molar refractivity (Wildman–Crippen MR) is 41.8 cm³/mol. The van der Waals surface area contributed by atoms with Crippen molar-refractivity contribution in [3.05, 3.63) is 0 Å². The molecule has 3 nitrogen and oxygen atoms in total. The zero-order valence-corrected chi connectivity index (χ0v) is 6.76. The molecule has 0 fully saturated rings. The lowest BCUT2D eigenvalue weighted by atomic mass is 10.4. The Hall–Kier alpha value is -1.30. The van der Waals surface area contributed by atoms with Crippen molar-refractivity contribution in [2.75, 3.05) is 13.6 Å². The lowest BCUT2D eigenvalue weighted by molar-refractivity contribution is -0.124. The predicted octanol–water partition coefficient (Wildman–Crippen LogP) is 0.0571. The van der Waals surface area contributed by atoms with Gasteiger partial charge in [0.25, 0.3) is 5.91 Å². The smallest absolute Gasteiger partial charge is 0.298 e. The van der Waals surface area contributed by atoms with Crippen LogP contribution in [0.3, 0.4) is 0 Å². The summed E-state index contributed by atoms with van der Waals surface area (Å²) in [4.78, 5) is 22.2. The number of carbonyl (C=O) groups excluding carboxylic acids is 2. The zero-order valence-electron chi connectivity index (χ0n) is 6.76. The maximum atomic E-state index is 10.9. The van der Waals surface area contributed by atoms with Crippen molar-refractivity contribution >= 4 is 12.2 Å². The molecule has 0 aromatic heterocycles. The van der Waals surface area contributed by atoms with E-state index in [1.165, 1.54) is 4.90 Å². The minimum atomic E-state index is -0.241. The van der Waals surface area contributed by atoms with Crippen molar-refractivity contribution in [2.45, 2.75) is 13.3 Å². The molecule has 0 aromatic rings. The zero-order chi connectivity index (χ0) is 8.69. The van der Waals surface area contributed by atoms with Crippen LogP contribution in [-0.4, -0.2) is 30.7 Å². The van der Waals surface area contributed by atoms with Crippen LogP contribution in [0.1, 0.15) is 13.3 Å². The first-order valence-corrected chi connectivity index (χ1v) is 3.34. The van der Waals surface area contributed by atoms with Gasteiger partial charge in [0.1, 0.15) is 6.29 Å². The van der Waals surface area contributed by atoms with Gasteiger partial charge in [0, 0.05) is 20.0 Å². The van der Waals surface area contributed by atoms with Gasteiger partial charge in [0.15, 0.2) is 0 Å². The highest BCUT2D eigenvalue weighted by Gasteiger charge is 2.02. The average molecular weight is 153 g/mol. The van der Waals surface area contributed by atoms with E-state index in [0.717, 1.165) is 6.29 Å². The monoisotopic (exact) mass is 153 g/mol. The maximum absolute atomic E-state index is 10.9. The molecule has 60 valence electrons. The van der Waals surface area contributed by atoms with Crippen LogP contribution < -0.4 is 0 Å². The lowest BCUT2D eigenvalue weighted by Gasteiger charge is -2.10. The van der Waals surface area contributed by atoms with Gasteiger partial charge in [-0.15, -0.1) is 0 Å². The number of rotatable bonds is 3. The second kappa shape index (κ2) is 5.48. The highest BCUT2D eigenvalue weighted by Crippen LogP contribution is 1.84. The Morgan fingerprint density at radius 2 is 2.27 bits per heavy atom. The third kappa shape index (κ3) is 4.15. The van der Waals surface area contributed by atoms with Crippen molar-refractivity contribution in [1.29, 1.82) is 0 Å². The minimum absolute atomic E-state index is 0.241. The molecular weight excluding hydrogens is 142 g/mol. The molecule has 1 amide bonds. The van der Waals surface area contributed by atoms with E-state index >= 15 is 0 Å². The summed E-state index contributed by atoms with van der Waals surface area (Å²) in [6.07, 6.45) is 1.15. The topological polar surface area (TPSA) is 37.4 Å². The molecule has 0 heterocycles. The molecule has 11 heavy (non-hydrogen) atoms. The maximum Gasteiger partial charge on any atom is 0.298 e. The molecule has 0 spiro atoms. The van der Waals surface area contributed by atoms with Crippen LogP contribution in [0.25, 0.3) is 0 Å². The van der Waals surface area contributed by atoms with E-state index < -0.39 is 0 Å². The third-order valence-corrected chi connectivity index (χ3v) is 1.16. The van der Waals surface area contributed by atoms with E-state index in [9.17, 15) is 9.59 Å². The van der Waals surface area contributed by atoms with Gasteiger partial charge in [-0.25, -0.2) is 0 Å². The Labute approximate surface area is 66.4 Å². The lowest BCUT2D eigenvalue weighted by Crippen LogP contribution is -2.26. The van der Waals surface area contributed by atoms with Crippen molar-refractivity contribution in [1.82, 2.24) is 4.90 Å². The van der Waals surface area contributed by atoms with Crippen LogP contribution >= 0.6 is 0 Å². The van der Waals surface area contributed by atoms with E-state index in [-0.39, 0.29) is 5.91 Å². The van der Waals surface area contributed by atoms with Crippen LogP contribution in [-0.2, 0) is 9.59 Å². The highest BCUT2D eigenvalue weighted by molar-refractivity contribution is 5.93. The quantitative estimate of drug-likeness (QED) is 0.424. The molecule has 0 aliphatic heterocycles. The SMILES string of the molecule is CC#CC(=O)N(C)CCC=O. The first-order valence-electron chi connectivity index (χ1n) is 3.34. The molecule has 0 bridgehead atoms. The van der Waals surface area contributed by atoms with E-state index in [0.29, 0.717) is 13.0 Å². The molecule has 0 aliphatic carbocycles. The second-order valence-electron chi connectivity index (χ2n) is 2.06. The summed E-state index contributed by atoms with van der Waals surface area (Å²) < 4.78 is 0. The molecule has 0 aromatic carbocycles. The van der Waals surface area contributed by atoms with Gasteiger partial charge in [-0.1, -0.05) is 5.92 Å². The van der Waals surface area contributed by atoms with Crippen LogP contribution in [0.15, 0.2) is 0 Å². The van der Waals surface area contributed by atoms with Crippen LogP contribution in [0.5, 0.6) is 0 Å². The molecule has 0 N–H and O–H groups in total. The third-order valence-electron chi connectivity index (χ3n) is 1.16. The van der Waals surface area contributed by atoms with E-state index in [2.05, 4.69) is 11.8 Å². The van der Waals surface area contributed by atoms with Crippen molar-refractivity contribution in [3.8, 4) is 11.8 Å². The first-order chi connectivity index (χ1) is 5.22. The first kappa shape index (κ1) is 9.70. The van der Waals surface area contributed by atoms with E-state index in [4.69, 9.17) is 0 Å². The largest absolute Gasteiger partial charge is 0.335 e. The Balaban J connectivity index is 3.79. The van der Waals surface area contributed by atoms with Gasteiger partial charge in [0.05, 0.1) is 0 Å². The average Bonchev–Trinajstić information content (AvgIpc) is 2.00. The number of aldehydes is 1. The summed E-state index contributed by atoms with van der Waals surface area (Å²) in [5, 5.41) is 0. The Morgan fingerprint density at radius 1 is 1.64 bits per heavy atom. The van der Waals surface area contributed by atoms with Gasteiger partial charge in [-0.2, -0.15) is 0 Å². The fraction of sp³-hybridized carbons (Fsp3) is 0.500. The van der Waals surface area contributed by atoms with Gasteiger partial charge in [-0.05, 0) is 12.8 Å². The molecule has 0 radical (unpaired) electrons. The molecule has 0 saturated carbocycles. The molecule has 0 rings (SSSR count). The fourth-order valence-electron chi connectivity index (χ4n) is 0.550. The summed E-state index contributed by atoms with van der Waals surface area (Å²) >= 11 is 0. The summed E-state index contributed by atoms with van der Waals surface area (Å²) in [7, 11) is 1.62. The van der Waals surface area contributed by atoms with Crippen molar-refractivity contribution < 1.29 is 9.59 Å². The summed E-state index contributed by atoms with van der Waals surface area (Å²) in [6, 6.07) is 0. The second-order valence-corrected chi connectivity index (χ2v) is 2.06. The number of hydrogen-bond acceptors (Lipinski definition) is 2. The molecule has 3 heteroatoms. The van der Waals surface area contributed by atoms with Crippen LogP contribution in [0.4, 0.5) is 0 Å². The summed E-state index contributed by atoms with van der Waals surface area (Å²) in [5.41, 5.74) is 0. The number of amides is 1. The van der Waals surface area contributed by atoms with Crippen LogP contribution in [0.2, 0.25) is 0 Å². The Bertz CT molecular complexity index is 200. The Morgan fingerprint density at radius 3 is 2.73 bits per heavy atom. The summed E-state index contributed by atoms with van der Waals surface area (Å²) in [6.45, 7) is 2.04. The molecule has 0 aliphatic rings. The van der Waals surface area contributed by atoms with E-state index in [1.54, 1.807) is 14.0 Å². The van der Waals surface area contributed by atoms with Crippen molar-refractivity contribution in [2.24, 2.45) is 0 Å². The van der Waals surface area contributed by atoms with Gasteiger partial charge in [0.2, 0.25) is 0 Å².